The number of carbonyl (C=O) groups is 1. The quantitative estimate of drug-likeness (QED) is 0.605. The number of nitrogens with two attached hydrogens (primary N) is 1. The van der Waals surface area contributed by atoms with Crippen LogP contribution in [0.4, 0.5) is 21.5 Å². The third kappa shape index (κ3) is 4.32. The SMILES string of the molecule is N[C@@H](Cc1ccccc1)C(=O)Nc1cc(F)c([N+](=O)[O-])cc1[N+](=O)[O-]. The van der Waals surface area contributed by atoms with Gasteiger partial charge in [0.1, 0.15) is 5.69 Å². The van der Waals surface area contributed by atoms with Gasteiger partial charge in [-0.3, -0.25) is 25.0 Å². The summed E-state index contributed by atoms with van der Waals surface area (Å²) in [6.07, 6.45) is 0.163. The number of nitro benzene ring substituents is 2. The van der Waals surface area contributed by atoms with E-state index in [9.17, 15) is 29.4 Å². The minimum absolute atomic E-state index is 0.163. The topological polar surface area (TPSA) is 141 Å². The number of carbonyl (C=O) groups excluding carboxylic acids is 1. The standard InChI is InChI=1S/C15H13FN4O5/c16-10-7-12(14(20(24)25)8-13(10)19(22)23)18-15(21)11(17)6-9-4-2-1-3-5-9/h1-5,7-8,11H,6,17H2,(H,18,21)/t11-/m0/s1. The Morgan fingerprint density at radius 2 is 1.72 bits per heavy atom. The van der Waals surface area contributed by atoms with Gasteiger partial charge < -0.3 is 11.1 Å². The van der Waals surface area contributed by atoms with Crippen LogP contribution in [0.1, 0.15) is 5.56 Å². The highest BCUT2D eigenvalue weighted by Gasteiger charge is 2.27. The van der Waals surface area contributed by atoms with Gasteiger partial charge in [0.05, 0.1) is 22.0 Å². The molecule has 0 aliphatic carbocycles. The molecule has 0 fully saturated rings. The zero-order valence-electron chi connectivity index (χ0n) is 12.7. The molecule has 2 rings (SSSR count). The lowest BCUT2D eigenvalue weighted by Crippen LogP contribution is -2.37. The number of amides is 1. The zero-order chi connectivity index (χ0) is 18.6. The number of halogens is 1. The van der Waals surface area contributed by atoms with E-state index in [0.717, 1.165) is 5.56 Å². The molecular formula is C15H13FN4O5. The van der Waals surface area contributed by atoms with Gasteiger partial charge >= 0.3 is 5.69 Å². The molecule has 0 aliphatic heterocycles. The number of nitrogens with zero attached hydrogens (tertiary/aromatic N) is 2. The lowest BCUT2D eigenvalue weighted by molar-refractivity contribution is -0.395. The minimum Gasteiger partial charge on any atom is -0.320 e. The van der Waals surface area contributed by atoms with Crippen molar-refractivity contribution in [2.75, 3.05) is 5.32 Å². The first-order valence-electron chi connectivity index (χ1n) is 7.02. The summed E-state index contributed by atoms with van der Waals surface area (Å²) in [5.74, 6) is -2.08. The molecule has 0 heterocycles. The molecule has 0 spiro atoms. The summed E-state index contributed by atoms with van der Waals surface area (Å²) in [6, 6.07) is 8.75. The first kappa shape index (κ1) is 17.9. The predicted octanol–water partition coefficient (Wildman–Crippen LogP) is 2.15. The maximum Gasteiger partial charge on any atom is 0.311 e. The Bertz CT molecular complexity index is 828. The molecule has 0 unspecified atom stereocenters. The third-order valence-electron chi connectivity index (χ3n) is 3.35. The van der Waals surface area contributed by atoms with Gasteiger partial charge in [0.2, 0.25) is 11.7 Å². The molecule has 1 atom stereocenters. The Kier molecular flexibility index (Phi) is 5.35. The lowest BCUT2D eigenvalue weighted by atomic mass is 10.1. The van der Waals surface area contributed by atoms with Gasteiger partial charge in [-0.05, 0) is 12.0 Å². The number of anilines is 1. The number of rotatable bonds is 6. The smallest absolute Gasteiger partial charge is 0.311 e. The summed E-state index contributed by atoms with van der Waals surface area (Å²) in [7, 11) is 0. The molecule has 1 amide bonds. The molecule has 0 saturated heterocycles. The van der Waals surface area contributed by atoms with Crippen molar-refractivity contribution in [3.05, 3.63) is 74.1 Å². The fourth-order valence-electron chi connectivity index (χ4n) is 2.13. The minimum atomic E-state index is -1.30. The lowest BCUT2D eigenvalue weighted by Gasteiger charge is -2.12. The van der Waals surface area contributed by atoms with Crippen molar-refractivity contribution in [1.29, 1.82) is 0 Å². The molecule has 2 aromatic carbocycles. The molecule has 10 heteroatoms. The first-order chi connectivity index (χ1) is 11.8. The summed E-state index contributed by atoms with van der Waals surface area (Å²) < 4.78 is 13.7. The zero-order valence-corrected chi connectivity index (χ0v) is 12.7. The van der Waals surface area contributed by atoms with Gasteiger partial charge in [-0.25, -0.2) is 0 Å². The van der Waals surface area contributed by atoms with E-state index < -0.39 is 44.7 Å². The highest BCUT2D eigenvalue weighted by molar-refractivity contribution is 5.97. The molecule has 25 heavy (non-hydrogen) atoms. The van der Waals surface area contributed by atoms with Crippen LogP contribution in [0, 0.1) is 26.0 Å². The van der Waals surface area contributed by atoms with Crippen molar-refractivity contribution < 1.29 is 19.0 Å². The monoisotopic (exact) mass is 348 g/mol. The van der Waals surface area contributed by atoms with Crippen LogP contribution in [-0.2, 0) is 11.2 Å². The van der Waals surface area contributed by atoms with Crippen LogP contribution in [0.15, 0.2) is 42.5 Å². The van der Waals surface area contributed by atoms with Crippen molar-refractivity contribution >= 4 is 23.0 Å². The van der Waals surface area contributed by atoms with Crippen molar-refractivity contribution in [3.8, 4) is 0 Å². The summed E-state index contributed by atoms with van der Waals surface area (Å²) in [5, 5.41) is 23.9. The fraction of sp³-hybridized carbons (Fsp3) is 0.133. The molecule has 3 N–H and O–H groups in total. The van der Waals surface area contributed by atoms with Crippen molar-refractivity contribution in [1.82, 2.24) is 0 Å². The fourth-order valence-corrected chi connectivity index (χ4v) is 2.13. The molecule has 0 aromatic heterocycles. The van der Waals surface area contributed by atoms with E-state index in [2.05, 4.69) is 5.32 Å². The Labute approximate surface area is 140 Å². The van der Waals surface area contributed by atoms with E-state index in [0.29, 0.717) is 12.1 Å². The van der Waals surface area contributed by atoms with E-state index in [1.807, 2.05) is 0 Å². The molecule has 2 aromatic rings. The average Bonchev–Trinajstić information content (AvgIpc) is 2.55. The largest absolute Gasteiger partial charge is 0.320 e. The first-order valence-corrected chi connectivity index (χ1v) is 7.02. The van der Waals surface area contributed by atoms with E-state index in [1.165, 1.54) is 0 Å². The van der Waals surface area contributed by atoms with Crippen LogP contribution >= 0.6 is 0 Å². The van der Waals surface area contributed by atoms with E-state index in [-0.39, 0.29) is 6.42 Å². The van der Waals surface area contributed by atoms with E-state index in [1.54, 1.807) is 30.3 Å². The summed E-state index contributed by atoms with van der Waals surface area (Å²) in [6.45, 7) is 0. The van der Waals surface area contributed by atoms with Gasteiger partial charge in [0, 0.05) is 6.07 Å². The van der Waals surface area contributed by atoms with Crippen molar-refractivity contribution in [2.24, 2.45) is 5.73 Å². The molecular weight excluding hydrogens is 335 g/mol. The van der Waals surface area contributed by atoms with Gasteiger partial charge in [-0.2, -0.15) is 4.39 Å². The average molecular weight is 348 g/mol. The second kappa shape index (κ2) is 7.45. The molecule has 130 valence electrons. The van der Waals surface area contributed by atoms with E-state index >= 15 is 0 Å². The summed E-state index contributed by atoms with van der Waals surface area (Å²) in [5.41, 5.74) is 4.17. The van der Waals surface area contributed by atoms with Crippen LogP contribution in [0.3, 0.4) is 0 Å². The second-order valence-electron chi connectivity index (χ2n) is 5.12. The van der Waals surface area contributed by atoms with Gasteiger partial charge in [0.15, 0.2) is 0 Å². The number of hydrogen-bond acceptors (Lipinski definition) is 6. The Balaban J connectivity index is 2.23. The normalized spacial score (nSPS) is 11.6. The molecule has 0 aliphatic rings. The van der Waals surface area contributed by atoms with Crippen molar-refractivity contribution in [2.45, 2.75) is 12.5 Å². The van der Waals surface area contributed by atoms with Crippen LogP contribution in [0.2, 0.25) is 0 Å². The Morgan fingerprint density at radius 3 is 2.28 bits per heavy atom. The molecule has 9 nitrogen and oxygen atoms in total. The molecule has 0 bridgehead atoms. The Hall–Kier alpha value is -3.40. The van der Waals surface area contributed by atoms with Gasteiger partial charge in [-0.1, -0.05) is 30.3 Å². The van der Waals surface area contributed by atoms with Crippen LogP contribution < -0.4 is 11.1 Å². The van der Waals surface area contributed by atoms with Gasteiger partial charge in [0.25, 0.3) is 5.69 Å². The summed E-state index contributed by atoms with van der Waals surface area (Å²) in [4.78, 5) is 31.8. The molecule has 0 saturated carbocycles. The number of benzene rings is 2. The Morgan fingerprint density at radius 1 is 1.12 bits per heavy atom. The highest BCUT2D eigenvalue weighted by Crippen LogP contribution is 2.31. The highest BCUT2D eigenvalue weighted by atomic mass is 19.1. The molecule has 0 radical (unpaired) electrons. The van der Waals surface area contributed by atoms with Crippen LogP contribution in [-0.4, -0.2) is 21.8 Å². The predicted molar refractivity (Wildman–Crippen MR) is 86.5 cm³/mol. The number of nitro groups is 2. The van der Waals surface area contributed by atoms with E-state index in [4.69, 9.17) is 5.73 Å². The van der Waals surface area contributed by atoms with Gasteiger partial charge in [-0.15, -0.1) is 0 Å². The maximum absolute atomic E-state index is 13.7. The maximum atomic E-state index is 13.7. The second-order valence-corrected chi connectivity index (χ2v) is 5.12. The third-order valence-corrected chi connectivity index (χ3v) is 3.35. The van der Waals surface area contributed by atoms with Crippen LogP contribution in [0.5, 0.6) is 0 Å². The van der Waals surface area contributed by atoms with Crippen molar-refractivity contribution in [3.63, 3.8) is 0 Å². The number of nitrogens with one attached hydrogen (secondary N) is 1. The van der Waals surface area contributed by atoms with Crippen LogP contribution in [0.25, 0.3) is 0 Å². The number of hydrogen-bond donors (Lipinski definition) is 2. The summed E-state index contributed by atoms with van der Waals surface area (Å²) >= 11 is 0.